The van der Waals surface area contributed by atoms with Crippen LogP contribution in [-0.2, 0) is 0 Å². The summed E-state index contributed by atoms with van der Waals surface area (Å²) in [4.78, 5) is 9.37. The van der Waals surface area contributed by atoms with Gasteiger partial charge in [0.05, 0.1) is 24.6 Å². The number of ether oxygens (including phenoxy) is 1. The molecule has 5 rings (SSSR count). The summed E-state index contributed by atoms with van der Waals surface area (Å²) in [5.41, 5.74) is 4.14. The molecule has 2 fully saturated rings. The molecule has 1 saturated carbocycles. The van der Waals surface area contributed by atoms with Crippen LogP contribution >= 0.6 is 0 Å². The summed E-state index contributed by atoms with van der Waals surface area (Å²) in [5.74, 6) is 4.76. The standard InChI is InChI=1S/C22H24N6O/c1-3-14-8-9-17(26-22(14)25-16-5-4-10-23-12-16)18-13-24-20-11-19(29-2)21(15-6-7-15)27-28(18)20/h1,8-9,11,13,15-16,23H,4-7,10,12H2,2H3,(H,25,26). The lowest BCUT2D eigenvalue weighted by Crippen LogP contribution is -2.38. The molecule has 0 bridgehead atoms. The maximum Gasteiger partial charge on any atom is 0.157 e. The highest BCUT2D eigenvalue weighted by Gasteiger charge is 2.30. The SMILES string of the molecule is C#Cc1ccc(-c2cnc3cc(OC)c(C4CC4)nn23)nc1NC1CCCNC1. The number of fused-ring (bicyclic) bond motifs is 1. The number of methoxy groups -OCH3 is 1. The molecule has 2 N–H and O–H groups in total. The van der Waals surface area contributed by atoms with Crippen molar-refractivity contribution in [1.29, 1.82) is 0 Å². The Bertz CT molecular complexity index is 1090. The zero-order chi connectivity index (χ0) is 19.8. The molecule has 148 valence electrons. The van der Waals surface area contributed by atoms with Crippen LogP contribution in [0.15, 0.2) is 24.4 Å². The summed E-state index contributed by atoms with van der Waals surface area (Å²) in [6, 6.07) is 6.15. The summed E-state index contributed by atoms with van der Waals surface area (Å²) >= 11 is 0. The zero-order valence-electron chi connectivity index (χ0n) is 16.5. The van der Waals surface area contributed by atoms with Crippen molar-refractivity contribution in [3.63, 3.8) is 0 Å². The minimum Gasteiger partial charge on any atom is -0.495 e. The summed E-state index contributed by atoms with van der Waals surface area (Å²) < 4.78 is 7.40. The zero-order valence-corrected chi connectivity index (χ0v) is 16.5. The highest BCUT2D eigenvalue weighted by atomic mass is 16.5. The van der Waals surface area contributed by atoms with Crippen molar-refractivity contribution < 1.29 is 4.74 Å². The largest absolute Gasteiger partial charge is 0.495 e. The Morgan fingerprint density at radius 2 is 2.21 bits per heavy atom. The minimum atomic E-state index is 0.324. The summed E-state index contributed by atoms with van der Waals surface area (Å²) in [5, 5.41) is 11.8. The number of imidazole rings is 1. The lowest BCUT2D eigenvalue weighted by Gasteiger charge is -2.25. The van der Waals surface area contributed by atoms with Crippen LogP contribution in [0.5, 0.6) is 5.75 Å². The van der Waals surface area contributed by atoms with Gasteiger partial charge in [-0.15, -0.1) is 6.42 Å². The molecule has 0 aromatic carbocycles. The van der Waals surface area contributed by atoms with E-state index in [1.165, 1.54) is 0 Å². The fraction of sp³-hybridized carbons (Fsp3) is 0.409. The molecule has 3 aromatic rings. The van der Waals surface area contributed by atoms with Crippen LogP contribution in [0.4, 0.5) is 5.82 Å². The lowest BCUT2D eigenvalue weighted by molar-refractivity contribution is 0.405. The predicted molar refractivity (Wildman–Crippen MR) is 112 cm³/mol. The molecule has 0 radical (unpaired) electrons. The second-order valence-electron chi connectivity index (χ2n) is 7.71. The van der Waals surface area contributed by atoms with Crippen molar-refractivity contribution in [2.24, 2.45) is 0 Å². The van der Waals surface area contributed by atoms with Gasteiger partial charge in [0.1, 0.15) is 23.0 Å². The first kappa shape index (κ1) is 18.0. The molecule has 1 saturated heterocycles. The number of anilines is 1. The van der Waals surface area contributed by atoms with E-state index in [9.17, 15) is 0 Å². The van der Waals surface area contributed by atoms with Gasteiger partial charge in [-0.2, -0.15) is 5.10 Å². The molecule has 2 aliphatic rings. The van der Waals surface area contributed by atoms with Crippen LogP contribution in [0, 0.1) is 12.3 Å². The Hall–Kier alpha value is -3.11. The highest BCUT2D eigenvalue weighted by Crippen LogP contribution is 2.43. The van der Waals surface area contributed by atoms with E-state index >= 15 is 0 Å². The van der Waals surface area contributed by atoms with Crippen LogP contribution < -0.4 is 15.4 Å². The number of nitrogens with one attached hydrogen (secondary N) is 2. The lowest BCUT2D eigenvalue weighted by atomic mass is 10.1. The van der Waals surface area contributed by atoms with E-state index in [2.05, 4.69) is 21.5 Å². The van der Waals surface area contributed by atoms with Crippen LogP contribution in [0.25, 0.3) is 17.0 Å². The maximum atomic E-state index is 5.72. The maximum absolute atomic E-state index is 5.72. The van der Waals surface area contributed by atoms with E-state index in [-0.39, 0.29) is 0 Å². The average Bonchev–Trinajstić information content (AvgIpc) is 3.53. The van der Waals surface area contributed by atoms with Gasteiger partial charge in [-0.25, -0.2) is 14.5 Å². The number of hydrogen-bond acceptors (Lipinski definition) is 6. The predicted octanol–water partition coefficient (Wildman–Crippen LogP) is 2.82. The van der Waals surface area contributed by atoms with Crippen LogP contribution in [-0.4, -0.2) is 45.8 Å². The van der Waals surface area contributed by atoms with Gasteiger partial charge in [0, 0.05) is 24.6 Å². The van der Waals surface area contributed by atoms with Crippen molar-refractivity contribution in [2.75, 3.05) is 25.5 Å². The van der Waals surface area contributed by atoms with E-state index in [0.29, 0.717) is 12.0 Å². The summed E-state index contributed by atoms with van der Waals surface area (Å²) in [6.07, 6.45) is 12.1. The first-order valence-corrected chi connectivity index (χ1v) is 10.1. The van der Waals surface area contributed by atoms with E-state index in [1.807, 2.05) is 28.9 Å². The third kappa shape index (κ3) is 3.40. The van der Waals surface area contributed by atoms with Crippen LogP contribution in [0.1, 0.15) is 42.9 Å². The molecule has 0 spiro atoms. The normalized spacial score (nSPS) is 19.1. The quantitative estimate of drug-likeness (QED) is 0.655. The van der Waals surface area contributed by atoms with Gasteiger partial charge in [-0.05, 0) is 44.4 Å². The smallest absolute Gasteiger partial charge is 0.157 e. The van der Waals surface area contributed by atoms with Crippen LogP contribution in [0.3, 0.4) is 0 Å². The Morgan fingerprint density at radius 1 is 1.31 bits per heavy atom. The molecule has 3 aromatic heterocycles. The molecule has 1 aliphatic heterocycles. The van der Waals surface area contributed by atoms with Gasteiger partial charge in [-0.1, -0.05) is 5.92 Å². The van der Waals surface area contributed by atoms with Gasteiger partial charge in [0.2, 0.25) is 0 Å². The number of hydrogen-bond donors (Lipinski definition) is 2. The van der Waals surface area contributed by atoms with Crippen molar-refractivity contribution in [2.45, 2.75) is 37.6 Å². The summed E-state index contributed by atoms with van der Waals surface area (Å²) in [7, 11) is 1.68. The van der Waals surface area contributed by atoms with Crippen molar-refractivity contribution in [3.8, 4) is 29.5 Å². The Labute approximate surface area is 169 Å². The molecule has 1 unspecified atom stereocenters. The first-order chi connectivity index (χ1) is 14.3. The van der Waals surface area contributed by atoms with Gasteiger partial charge >= 0.3 is 0 Å². The number of piperidine rings is 1. The van der Waals surface area contributed by atoms with E-state index in [0.717, 1.165) is 78.6 Å². The molecule has 7 heteroatoms. The first-order valence-electron chi connectivity index (χ1n) is 10.1. The van der Waals surface area contributed by atoms with Crippen LogP contribution in [0.2, 0.25) is 0 Å². The fourth-order valence-electron chi connectivity index (χ4n) is 3.89. The Kier molecular flexibility index (Phi) is 4.57. The third-order valence-corrected chi connectivity index (χ3v) is 5.62. The van der Waals surface area contributed by atoms with Gasteiger partial charge in [0.25, 0.3) is 0 Å². The van der Waals surface area contributed by atoms with Gasteiger partial charge in [0.15, 0.2) is 5.65 Å². The monoisotopic (exact) mass is 388 g/mol. The van der Waals surface area contributed by atoms with Gasteiger partial charge in [-0.3, -0.25) is 0 Å². The number of rotatable bonds is 5. The van der Waals surface area contributed by atoms with Crippen molar-refractivity contribution in [1.82, 2.24) is 24.9 Å². The molecule has 7 nitrogen and oxygen atoms in total. The number of aromatic nitrogens is 4. The molecule has 1 atom stereocenters. The molecular formula is C22H24N6O. The van der Waals surface area contributed by atoms with Crippen molar-refractivity contribution in [3.05, 3.63) is 35.7 Å². The fourth-order valence-corrected chi connectivity index (χ4v) is 3.89. The summed E-state index contributed by atoms with van der Waals surface area (Å²) in [6.45, 7) is 1.98. The number of terminal acetylenes is 1. The van der Waals surface area contributed by atoms with E-state index in [1.54, 1.807) is 7.11 Å². The molecular weight excluding hydrogens is 364 g/mol. The second kappa shape index (κ2) is 7.37. The topological polar surface area (TPSA) is 76.4 Å². The second-order valence-corrected chi connectivity index (χ2v) is 7.71. The minimum absolute atomic E-state index is 0.324. The molecule has 29 heavy (non-hydrogen) atoms. The average molecular weight is 388 g/mol. The third-order valence-electron chi connectivity index (χ3n) is 5.62. The number of pyridine rings is 1. The van der Waals surface area contributed by atoms with E-state index in [4.69, 9.17) is 21.2 Å². The Balaban J connectivity index is 1.55. The highest BCUT2D eigenvalue weighted by molar-refractivity contribution is 5.65. The molecule has 4 heterocycles. The van der Waals surface area contributed by atoms with Gasteiger partial charge < -0.3 is 15.4 Å². The van der Waals surface area contributed by atoms with Crippen molar-refractivity contribution >= 4 is 11.5 Å². The van der Waals surface area contributed by atoms with E-state index < -0.39 is 0 Å². The molecule has 0 amide bonds. The molecule has 1 aliphatic carbocycles. The Morgan fingerprint density at radius 3 is 2.93 bits per heavy atom. The number of nitrogens with zero attached hydrogens (tertiary/aromatic N) is 4.